The predicted molar refractivity (Wildman–Crippen MR) is 215 cm³/mol. The lowest BCUT2D eigenvalue weighted by molar-refractivity contribution is -0.267. The van der Waals surface area contributed by atoms with E-state index < -0.39 is 54.5 Å². The van der Waals surface area contributed by atoms with Crippen LogP contribution in [0.2, 0.25) is 0 Å². The molecule has 0 spiro atoms. The van der Waals surface area contributed by atoms with Crippen molar-refractivity contribution in [1.82, 2.24) is 9.47 Å². The number of benzene rings is 2. The Hall–Kier alpha value is -4.48. The number of hydrogen-bond donors (Lipinski definition) is 0. The minimum atomic E-state index is -1.26. The van der Waals surface area contributed by atoms with Gasteiger partial charge in [0.2, 0.25) is 0 Å². The summed E-state index contributed by atoms with van der Waals surface area (Å²) in [7, 11) is 0. The molecule has 0 radical (unpaired) electrons. The molecule has 2 saturated heterocycles. The first-order valence-corrected chi connectivity index (χ1v) is 20.4. The van der Waals surface area contributed by atoms with Crippen molar-refractivity contribution in [3.8, 4) is 0 Å². The number of carbonyl (C=O) groups is 4. The van der Waals surface area contributed by atoms with E-state index in [1.54, 1.807) is 0 Å². The van der Waals surface area contributed by atoms with Crippen LogP contribution in [0.5, 0.6) is 0 Å². The van der Waals surface area contributed by atoms with Gasteiger partial charge in [0.15, 0.2) is 24.5 Å². The molecule has 2 aromatic carbocycles. The summed E-state index contributed by atoms with van der Waals surface area (Å²) in [5.74, 6) is -2.55. The maximum absolute atomic E-state index is 12.5. The SMILES string of the molecule is CC(=O)OC[C@H]1O[C@@H](n2cc(Cc3ccc(/C=C/CCN4CCCCCCCCCCC4)cc3)c3c(C)cccc32)[C@H](OC(C)=O)[C@@H](OC(C)=O)[C@@H]1OC(C)=O. The number of esters is 4. The Morgan fingerprint density at radius 3 is 1.93 bits per heavy atom. The summed E-state index contributed by atoms with van der Waals surface area (Å²) in [5, 5.41) is 1.01. The first kappa shape index (κ1) is 42.7. The molecule has 11 nitrogen and oxygen atoms in total. The predicted octanol–water partition coefficient (Wildman–Crippen LogP) is 8.03. The molecule has 0 N–H and O–H groups in total. The third-order valence-electron chi connectivity index (χ3n) is 10.6. The summed E-state index contributed by atoms with van der Waals surface area (Å²) in [4.78, 5) is 51.8. The van der Waals surface area contributed by atoms with Crippen LogP contribution in [0, 0.1) is 6.92 Å². The van der Waals surface area contributed by atoms with Gasteiger partial charge in [-0.05, 0) is 74.0 Å². The average molecular weight is 773 g/mol. The van der Waals surface area contributed by atoms with Crippen molar-refractivity contribution in [2.24, 2.45) is 0 Å². The second-order valence-corrected chi connectivity index (χ2v) is 15.3. The molecule has 1 aromatic heterocycles. The van der Waals surface area contributed by atoms with E-state index in [4.69, 9.17) is 23.7 Å². The summed E-state index contributed by atoms with van der Waals surface area (Å²) in [5.41, 5.74) is 5.13. The Labute approximate surface area is 331 Å². The molecule has 2 aliphatic rings. The molecular weight excluding hydrogens is 713 g/mol. The Morgan fingerprint density at radius 2 is 1.32 bits per heavy atom. The van der Waals surface area contributed by atoms with Gasteiger partial charge in [-0.1, -0.05) is 93.5 Å². The van der Waals surface area contributed by atoms with Gasteiger partial charge in [-0.25, -0.2) is 0 Å². The molecule has 11 heteroatoms. The third kappa shape index (κ3) is 12.3. The fourth-order valence-corrected chi connectivity index (χ4v) is 8.05. The molecule has 56 heavy (non-hydrogen) atoms. The smallest absolute Gasteiger partial charge is 0.303 e. The quantitative estimate of drug-likeness (QED) is 0.132. The minimum absolute atomic E-state index is 0.293. The lowest BCUT2D eigenvalue weighted by atomic mass is 9.97. The second kappa shape index (κ2) is 21.2. The number of aryl methyl sites for hydroxylation is 1. The van der Waals surface area contributed by atoms with Gasteiger partial charge >= 0.3 is 23.9 Å². The first-order chi connectivity index (χ1) is 27.0. The average Bonchev–Trinajstić information content (AvgIpc) is 3.50. The molecule has 0 amide bonds. The highest BCUT2D eigenvalue weighted by molar-refractivity contribution is 5.87. The van der Waals surface area contributed by atoms with Crippen LogP contribution in [-0.4, -0.2) is 84.0 Å². The molecule has 3 aromatic rings. The van der Waals surface area contributed by atoms with Gasteiger partial charge < -0.3 is 33.2 Å². The Kier molecular flexibility index (Phi) is 16.1. The van der Waals surface area contributed by atoms with Gasteiger partial charge in [-0.15, -0.1) is 0 Å². The van der Waals surface area contributed by atoms with Crippen molar-refractivity contribution in [3.05, 3.63) is 77.0 Å². The zero-order valence-corrected chi connectivity index (χ0v) is 33.8. The van der Waals surface area contributed by atoms with Crippen molar-refractivity contribution in [2.75, 3.05) is 26.2 Å². The van der Waals surface area contributed by atoms with Crippen LogP contribution in [-0.2, 0) is 49.3 Å². The molecule has 0 unspecified atom stereocenters. The minimum Gasteiger partial charge on any atom is -0.463 e. The zero-order valence-electron chi connectivity index (χ0n) is 33.8. The van der Waals surface area contributed by atoms with Gasteiger partial charge in [-0.3, -0.25) is 19.2 Å². The van der Waals surface area contributed by atoms with E-state index in [0.29, 0.717) is 6.42 Å². The third-order valence-corrected chi connectivity index (χ3v) is 10.6. The van der Waals surface area contributed by atoms with E-state index in [9.17, 15) is 19.2 Å². The fourth-order valence-electron chi connectivity index (χ4n) is 8.05. The molecule has 5 atom stereocenters. The van der Waals surface area contributed by atoms with E-state index in [2.05, 4.69) is 41.3 Å². The van der Waals surface area contributed by atoms with E-state index in [1.807, 2.05) is 35.9 Å². The molecule has 3 heterocycles. The Bertz CT molecular complexity index is 1790. The van der Waals surface area contributed by atoms with E-state index in [0.717, 1.165) is 46.1 Å². The number of carbonyl (C=O) groups excluding carboxylic acids is 4. The van der Waals surface area contributed by atoms with E-state index in [-0.39, 0.29) is 6.61 Å². The first-order valence-electron chi connectivity index (χ1n) is 20.4. The largest absolute Gasteiger partial charge is 0.463 e. The topological polar surface area (TPSA) is 123 Å². The lowest BCUT2D eigenvalue weighted by Crippen LogP contribution is -2.60. The fraction of sp³-hybridized carbons (Fsp3) is 0.556. The van der Waals surface area contributed by atoms with Crippen LogP contribution in [0.25, 0.3) is 17.0 Å². The maximum atomic E-state index is 12.5. The van der Waals surface area contributed by atoms with Crippen molar-refractivity contribution in [3.63, 3.8) is 0 Å². The summed E-state index contributed by atoms with van der Waals surface area (Å²) in [6.07, 6.45) is 14.5. The van der Waals surface area contributed by atoms with Crippen LogP contribution in [0.4, 0.5) is 0 Å². The highest BCUT2D eigenvalue weighted by Gasteiger charge is 2.53. The van der Waals surface area contributed by atoms with Crippen molar-refractivity contribution in [1.29, 1.82) is 0 Å². The summed E-state index contributed by atoms with van der Waals surface area (Å²) >= 11 is 0. The summed E-state index contributed by atoms with van der Waals surface area (Å²) in [6, 6.07) is 14.5. The Morgan fingerprint density at radius 1 is 0.732 bits per heavy atom. The second-order valence-electron chi connectivity index (χ2n) is 15.3. The molecule has 0 saturated carbocycles. The van der Waals surface area contributed by atoms with Gasteiger partial charge in [0.1, 0.15) is 12.7 Å². The van der Waals surface area contributed by atoms with Crippen LogP contribution < -0.4 is 0 Å². The summed E-state index contributed by atoms with van der Waals surface area (Å²) < 4.78 is 30.8. The molecular formula is C45H60N2O9. The van der Waals surface area contributed by atoms with Gasteiger partial charge in [0, 0.05) is 45.8 Å². The van der Waals surface area contributed by atoms with Gasteiger partial charge in [0.25, 0.3) is 0 Å². The Balaban J connectivity index is 1.37. The molecule has 304 valence electrons. The van der Waals surface area contributed by atoms with Crippen molar-refractivity contribution >= 4 is 40.9 Å². The molecule has 2 aliphatic heterocycles. The highest BCUT2D eigenvalue weighted by Crippen LogP contribution is 2.39. The van der Waals surface area contributed by atoms with Crippen molar-refractivity contribution < 1.29 is 42.9 Å². The monoisotopic (exact) mass is 772 g/mol. The molecule has 0 bridgehead atoms. The maximum Gasteiger partial charge on any atom is 0.303 e. The number of ether oxygens (including phenoxy) is 5. The standard InChI is InChI=1S/C45H60N2O9/c1-31-18-17-20-39-41(31)38(28-37-23-21-36(22-24-37)19-13-16-27-46-25-14-11-9-7-6-8-10-12-15-26-46)29-47(39)45-44(55-35(5)51)43(54-34(4)50)42(53-33(3)49)40(56-45)30-52-32(2)48/h13,17-24,29,40,42-45H,6-12,14-16,25-28,30H2,1-5H3/b19-13+/t40-,42-,43+,44-,45-/m1/s1. The lowest BCUT2D eigenvalue weighted by Gasteiger charge is -2.44. The van der Waals surface area contributed by atoms with Gasteiger partial charge in [0.05, 0.1) is 5.52 Å². The normalized spacial score (nSPS) is 22.8. The molecule has 0 aliphatic carbocycles. The van der Waals surface area contributed by atoms with Crippen LogP contribution >= 0.6 is 0 Å². The summed E-state index contributed by atoms with van der Waals surface area (Å²) in [6.45, 7) is 10.2. The number of aromatic nitrogens is 1. The molecule has 5 rings (SSSR count). The number of nitrogens with zero attached hydrogens (tertiary/aromatic N) is 2. The number of rotatable bonds is 12. The number of hydrogen-bond acceptors (Lipinski definition) is 10. The zero-order chi connectivity index (χ0) is 40.0. The van der Waals surface area contributed by atoms with Crippen LogP contribution in [0.15, 0.2) is 54.7 Å². The van der Waals surface area contributed by atoms with Crippen LogP contribution in [0.1, 0.15) is 120 Å². The van der Waals surface area contributed by atoms with Gasteiger partial charge in [-0.2, -0.15) is 0 Å². The highest BCUT2D eigenvalue weighted by atomic mass is 16.7. The van der Waals surface area contributed by atoms with Crippen molar-refractivity contribution in [2.45, 2.75) is 136 Å². The van der Waals surface area contributed by atoms with E-state index >= 15 is 0 Å². The van der Waals surface area contributed by atoms with Crippen LogP contribution in [0.3, 0.4) is 0 Å². The number of fused-ring (bicyclic) bond motifs is 1. The van der Waals surface area contributed by atoms with E-state index in [1.165, 1.54) is 98.6 Å². The molecule has 2 fully saturated rings.